The van der Waals surface area contributed by atoms with Gasteiger partial charge < -0.3 is 9.84 Å². The number of hydrogen-bond acceptors (Lipinski definition) is 4. The second-order valence-electron chi connectivity index (χ2n) is 4.36. The first-order valence-corrected chi connectivity index (χ1v) is 6.11. The molecule has 1 N–H and O–H groups in total. The Morgan fingerprint density at radius 1 is 1.24 bits per heavy atom. The molecule has 0 saturated carbocycles. The smallest absolute Gasteiger partial charge is 0.416 e. The fraction of sp³-hybridized carbons (Fsp3) is 0.286. The van der Waals surface area contributed by atoms with Crippen LogP contribution in [0.15, 0.2) is 36.7 Å². The van der Waals surface area contributed by atoms with Crippen molar-refractivity contribution in [1.82, 2.24) is 9.97 Å². The van der Waals surface area contributed by atoms with Crippen molar-refractivity contribution in [3.05, 3.63) is 53.5 Å². The van der Waals surface area contributed by atoms with E-state index in [1.54, 1.807) is 0 Å². The Labute approximate surface area is 119 Å². The van der Waals surface area contributed by atoms with Gasteiger partial charge in [0.2, 0.25) is 5.88 Å². The molecular formula is C14H13F3N2O2. The Bertz CT molecular complexity index is 617. The summed E-state index contributed by atoms with van der Waals surface area (Å²) in [5, 5.41) is 10.1. The fourth-order valence-corrected chi connectivity index (χ4v) is 1.95. The first kappa shape index (κ1) is 15.2. The molecule has 0 aliphatic rings. The zero-order valence-electron chi connectivity index (χ0n) is 11.1. The number of alkyl halides is 3. The Balaban J connectivity index is 2.26. The lowest BCUT2D eigenvalue weighted by Gasteiger charge is -2.17. The quantitative estimate of drug-likeness (QED) is 0.943. The van der Waals surface area contributed by atoms with Gasteiger partial charge in [0.05, 0.1) is 24.5 Å². The Morgan fingerprint density at radius 3 is 2.62 bits per heavy atom. The van der Waals surface area contributed by atoms with Crippen LogP contribution in [-0.2, 0) is 12.6 Å². The number of aromatic nitrogens is 2. The van der Waals surface area contributed by atoms with E-state index < -0.39 is 17.8 Å². The third kappa shape index (κ3) is 3.69. The molecule has 1 unspecified atom stereocenters. The average Bonchev–Trinajstić information content (AvgIpc) is 2.46. The highest BCUT2D eigenvalue weighted by Crippen LogP contribution is 2.35. The van der Waals surface area contributed by atoms with Gasteiger partial charge in [-0.05, 0) is 11.6 Å². The van der Waals surface area contributed by atoms with E-state index in [0.29, 0.717) is 5.69 Å². The number of hydrogen-bond donors (Lipinski definition) is 1. The molecule has 1 heterocycles. The van der Waals surface area contributed by atoms with Crippen molar-refractivity contribution in [3.63, 3.8) is 0 Å². The van der Waals surface area contributed by atoms with Crippen LogP contribution in [0.3, 0.4) is 0 Å². The van der Waals surface area contributed by atoms with Crippen LogP contribution in [0.5, 0.6) is 5.88 Å². The summed E-state index contributed by atoms with van der Waals surface area (Å²) in [4.78, 5) is 7.71. The lowest BCUT2D eigenvalue weighted by Crippen LogP contribution is -2.13. The zero-order chi connectivity index (χ0) is 15.5. The maximum absolute atomic E-state index is 12.9. The number of aliphatic hydroxyl groups excluding tert-OH is 1. The predicted molar refractivity (Wildman–Crippen MR) is 68.7 cm³/mol. The predicted octanol–water partition coefficient (Wildman–Crippen LogP) is 2.78. The minimum absolute atomic E-state index is 0.0635. The highest BCUT2D eigenvalue weighted by atomic mass is 19.4. The molecule has 0 aliphatic carbocycles. The molecule has 0 amide bonds. The van der Waals surface area contributed by atoms with Crippen molar-refractivity contribution < 1.29 is 23.0 Å². The van der Waals surface area contributed by atoms with Crippen molar-refractivity contribution in [2.24, 2.45) is 0 Å². The first-order valence-electron chi connectivity index (χ1n) is 6.11. The van der Waals surface area contributed by atoms with Crippen LogP contribution in [0.25, 0.3) is 0 Å². The number of halogens is 3. The summed E-state index contributed by atoms with van der Waals surface area (Å²) in [5.41, 5.74) is -0.632. The first-order chi connectivity index (χ1) is 9.91. The average molecular weight is 298 g/mol. The molecule has 7 heteroatoms. The van der Waals surface area contributed by atoms with Crippen LogP contribution in [0.1, 0.15) is 22.9 Å². The molecule has 1 aromatic carbocycles. The zero-order valence-corrected chi connectivity index (χ0v) is 11.1. The summed E-state index contributed by atoms with van der Waals surface area (Å²) in [7, 11) is 1.42. The number of rotatable bonds is 4. The highest BCUT2D eigenvalue weighted by Gasteiger charge is 2.34. The van der Waals surface area contributed by atoms with Crippen molar-refractivity contribution >= 4 is 0 Å². The number of ether oxygens (including phenoxy) is 1. The van der Waals surface area contributed by atoms with E-state index in [-0.39, 0.29) is 17.9 Å². The number of nitrogens with zero attached hydrogens (tertiary/aromatic N) is 2. The molecule has 2 aromatic rings. The van der Waals surface area contributed by atoms with Gasteiger partial charge in [0.25, 0.3) is 0 Å². The summed E-state index contributed by atoms with van der Waals surface area (Å²) >= 11 is 0. The monoisotopic (exact) mass is 298 g/mol. The highest BCUT2D eigenvalue weighted by molar-refractivity contribution is 5.32. The summed E-state index contributed by atoms with van der Waals surface area (Å²) in [6.07, 6.45) is -4.66. The maximum atomic E-state index is 12.9. The van der Waals surface area contributed by atoms with Crippen LogP contribution in [0, 0.1) is 0 Å². The fourth-order valence-electron chi connectivity index (χ4n) is 1.95. The molecule has 0 spiro atoms. The lowest BCUT2D eigenvalue weighted by atomic mass is 9.98. The van der Waals surface area contributed by atoms with E-state index in [2.05, 4.69) is 9.97 Å². The van der Waals surface area contributed by atoms with Crippen molar-refractivity contribution in [1.29, 1.82) is 0 Å². The topological polar surface area (TPSA) is 55.2 Å². The molecule has 0 aliphatic heterocycles. The third-order valence-corrected chi connectivity index (χ3v) is 2.94. The molecule has 112 valence electrons. The summed E-state index contributed by atoms with van der Waals surface area (Å²) in [6.45, 7) is 0. The molecular weight excluding hydrogens is 285 g/mol. The van der Waals surface area contributed by atoms with E-state index in [1.807, 2.05) is 0 Å². The molecule has 4 nitrogen and oxygen atoms in total. The van der Waals surface area contributed by atoms with Gasteiger partial charge in [-0.2, -0.15) is 13.2 Å². The van der Waals surface area contributed by atoms with Gasteiger partial charge in [0, 0.05) is 12.5 Å². The second kappa shape index (κ2) is 6.09. The molecule has 0 bridgehead atoms. The van der Waals surface area contributed by atoms with Crippen molar-refractivity contribution in [3.8, 4) is 5.88 Å². The normalized spacial score (nSPS) is 13.0. The summed E-state index contributed by atoms with van der Waals surface area (Å²) < 4.78 is 43.6. The minimum atomic E-state index is -4.51. The van der Waals surface area contributed by atoms with Crippen LogP contribution >= 0.6 is 0 Å². The van der Waals surface area contributed by atoms with Crippen LogP contribution in [0.2, 0.25) is 0 Å². The Morgan fingerprint density at radius 2 is 1.95 bits per heavy atom. The van der Waals surface area contributed by atoms with E-state index >= 15 is 0 Å². The number of aliphatic hydroxyl groups is 1. The van der Waals surface area contributed by atoms with Gasteiger partial charge in [-0.15, -0.1) is 0 Å². The van der Waals surface area contributed by atoms with Crippen LogP contribution < -0.4 is 4.74 Å². The van der Waals surface area contributed by atoms with E-state index in [9.17, 15) is 18.3 Å². The standard InChI is InChI=1S/C14H13F3N2O2/c1-21-13-7-9(18-8-19-13)6-12(20)10-4-2-3-5-11(10)14(15,16)17/h2-5,7-8,12,20H,6H2,1H3. The van der Waals surface area contributed by atoms with E-state index in [0.717, 1.165) is 6.07 Å². The largest absolute Gasteiger partial charge is 0.481 e. The van der Waals surface area contributed by atoms with Gasteiger partial charge in [-0.3, -0.25) is 0 Å². The minimum Gasteiger partial charge on any atom is -0.481 e. The maximum Gasteiger partial charge on any atom is 0.416 e. The third-order valence-electron chi connectivity index (χ3n) is 2.94. The van der Waals surface area contributed by atoms with Crippen LogP contribution in [-0.4, -0.2) is 22.2 Å². The summed E-state index contributed by atoms with van der Waals surface area (Å²) in [5.74, 6) is 0.288. The molecule has 0 saturated heterocycles. The van der Waals surface area contributed by atoms with Crippen LogP contribution in [0.4, 0.5) is 13.2 Å². The van der Waals surface area contributed by atoms with Crippen molar-refractivity contribution in [2.75, 3.05) is 7.11 Å². The van der Waals surface area contributed by atoms with Gasteiger partial charge in [0.1, 0.15) is 6.33 Å². The van der Waals surface area contributed by atoms with Gasteiger partial charge in [-0.25, -0.2) is 9.97 Å². The molecule has 1 atom stereocenters. The number of benzene rings is 1. The molecule has 0 radical (unpaired) electrons. The Kier molecular flexibility index (Phi) is 4.42. The SMILES string of the molecule is COc1cc(CC(O)c2ccccc2C(F)(F)F)ncn1. The van der Waals surface area contributed by atoms with Gasteiger partial charge in [-0.1, -0.05) is 18.2 Å². The molecule has 1 aromatic heterocycles. The van der Waals surface area contributed by atoms with E-state index in [1.165, 1.54) is 37.7 Å². The summed E-state index contributed by atoms with van der Waals surface area (Å²) in [6, 6.07) is 6.41. The lowest BCUT2D eigenvalue weighted by molar-refractivity contribution is -0.139. The van der Waals surface area contributed by atoms with Crippen molar-refractivity contribution in [2.45, 2.75) is 18.7 Å². The van der Waals surface area contributed by atoms with E-state index in [4.69, 9.17) is 4.74 Å². The van der Waals surface area contributed by atoms with Gasteiger partial charge in [0.15, 0.2) is 0 Å². The number of methoxy groups -OCH3 is 1. The molecule has 2 rings (SSSR count). The Hall–Kier alpha value is -2.15. The molecule has 0 fully saturated rings. The second-order valence-corrected chi connectivity index (χ2v) is 4.36. The molecule has 21 heavy (non-hydrogen) atoms. The van der Waals surface area contributed by atoms with Gasteiger partial charge >= 0.3 is 6.18 Å².